The Balaban J connectivity index is 1.87. The number of para-hydroxylation sites is 1. The lowest BCUT2D eigenvalue weighted by atomic mass is 10.2. The first kappa shape index (κ1) is 21.2. The van der Waals surface area contributed by atoms with Crippen LogP contribution < -0.4 is 9.75 Å². The Morgan fingerprint density at radius 3 is 2.32 bits per heavy atom. The summed E-state index contributed by atoms with van der Waals surface area (Å²) in [6, 6.07) is 14.5. The van der Waals surface area contributed by atoms with Crippen LogP contribution in [0.15, 0.2) is 58.7 Å². The molecule has 0 saturated heterocycles. The van der Waals surface area contributed by atoms with E-state index >= 15 is 0 Å². The van der Waals surface area contributed by atoms with E-state index in [0.717, 1.165) is 17.3 Å². The predicted molar refractivity (Wildman–Crippen MR) is 122 cm³/mol. The molecule has 2 aliphatic heterocycles. The summed E-state index contributed by atoms with van der Waals surface area (Å²) in [5, 5.41) is 11.5. The highest BCUT2D eigenvalue weighted by molar-refractivity contribution is 8.17. The van der Waals surface area contributed by atoms with E-state index in [2.05, 4.69) is 10.2 Å². The lowest BCUT2D eigenvalue weighted by Crippen LogP contribution is -2.61. The Kier molecular flexibility index (Phi) is 5.40. The van der Waals surface area contributed by atoms with Crippen LogP contribution in [0, 0.1) is 0 Å². The van der Waals surface area contributed by atoms with Crippen molar-refractivity contribution in [2.75, 3.05) is 19.2 Å². The van der Waals surface area contributed by atoms with Crippen LogP contribution in [-0.2, 0) is 9.59 Å². The number of amidine groups is 1. The number of nitrogens with zero attached hydrogens (tertiary/aromatic N) is 5. The molecule has 4 rings (SSSR count). The summed E-state index contributed by atoms with van der Waals surface area (Å²) in [5.74, 6) is 0.731. The molecule has 0 aliphatic carbocycles. The van der Waals surface area contributed by atoms with Crippen LogP contribution in [-0.4, -0.2) is 51.8 Å². The number of Topliss-reactive ketones (excluding diaryl/α,β-unsaturated/α-hetero) is 1. The lowest BCUT2D eigenvalue weighted by Gasteiger charge is -2.42. The molecule has 0 fully saturated rings. The molecule has 160 valence electrons. The van der Waals surface area contributed by atoms with E-state index in [9.17, 15) is 9.59 Å². The number of methoxy groups -OCH3 is 1. The molecule has 0 radical (unpaired) electrons. The fourth-order valence-electron chi connectivity index (χ4n) is 3.44. The van der Waals surface area contributed by atoms with Crippen LogP contribution in [0.3, 0.4) is 0 Å². The van der Waals surface area contributed by atoms with Crippen LogP contribution in [0.2, 0.25) is 5.02 Å². The fraction of sp³-hybridized carbons (Fsp3) is 0.238. The summed E-state index contributed by atoms with van der Waals surface area (Å²) < 4.78 is 5.24. The molecule has 0 bridgehead atoms. The maximum atomic E-state index is 12.7. The van der Waals surface area contributed by atoms with Gasteiger partial charge in [0.15, 0.2) is 16.7 Å². The number of thioether (sulfide) groups is 1. The van der Waals surface area contributed by atoms with Gasteiger partial charge >= 0.3 is 0 Å². The lowest BCUT2D eigenvalue weighted by molar-refractivity contribution is -0.133. The van der Waals surface area contributed by atoms with Crippen LogP contribution in [0.25, 0.3) is 0 Å². The average Bonchev–Trinajstić information content (AvgIpc) is 3.29. The van der Waals surface area contributed by atoms with Crippen molar-refractivity contribution in [3.8, 4) is 5.75 Å². The van der Waals surface area contributed by atoms with Crippen LogP contribution in [0.5, 0.6) is 5.75 Å². The maximum Gasteiger partial charge on any atom is 0.292 e. The van der Waals surface area contributed by atoms with Gasteiger partial charge in [-0.1, -0.05) is 23.7 Å². The molecule has 8 nitrogen and oxygen atoms in total. The van der Waals surface area contributed by atoms with E-state index in [1.54, 1.807) is 37.4 Å². The summed E-state index contributed by atoms with van der Waals surface area (Å²) in [6.45, 7) is 2.86. The third kappa shape index (κ3) is 3.34. The SMILES string of the molecule is COc1ccc(C2=NN(C(C)=O)[C@]3(SC(C(C)=O)=NN3c3ccccc3Cl)N2C)cc1. The molecule has 1 atom stereocenters. The number of carbonyl (C=O) groups is 2. The third-order valence-corrected chi connectivity index (χ3v) is 6.73. The maximum absolute atomic E-state index is 12.7. The molecule has 0 saturated carbocycles. The van der Waals surface area contributed by atoms with Crippen molar-refractivity contribution in [3.05, 3.63) is 59.1 Å². The second-order valence-corrected chi connectivity index (χ2v) is 8.49. The van der Waals surface area contributed by atoms with Gasteiger partial charge < -0.3 is 9.64 Å². The number of hydrogen-bond donors (Lipinski definition) is 0. The Labute approximate surface area is 189 Å². The minimum Gasteiger partial charge on any atom is -0.497 e. The number of rotatable bonds is 4. The largest absolute Gasteiger partial charge is 0.497 e. The molecule has 1 amide bonds. The van der Waals surface area contributed by atoms with Crippen molar-refractivity contribution < 1.29 is 14.3 Å². The number of hydrazone groups is 2. The van der Waals surface area contributed by atoms with Gasteiger partial charge in [0.2, 0.25) is 5.91 Å². The van der Waals surface area contributed by atoms with Crippen LogP contribution >= 0.6 is 23.4 Å². The first-order valence-corrected chi connectivity index (χ1v) is 10.6. The summed E-state index contributed by atoms with van der Waals surface area (Å²) >= 11 is 7.63. The highest BCUT2D eigenvalue weighted by atomic mass is 35.5. The van der Waals surface area contributed by atoms with E-state index in [1.165, 1.54) is 18.9 Å². The number of ketones is 1. The molecule has 2 aliphatic rings. The smallest absolute Gasteiger partial charge is 0.292 e. The Morgan fingerprint density at radius 1 is 1.06 bits per heavy atom. The number of amides is 1. The van der Waals surface area contributed by atoms with E-state index in [-0.39, 0.29) is 16.7 Å². The van der Waals surface area contributed by atoms with E-state index in [0.29, 0.717) is 22.3 Å². The molecule has 2 aromatic carbocycles. The van der Waals surface area contributed by atoms with Gasteiger partial charge in [0.1, 0.15) is 5.75 Å². The second-order valence-electron chi connectivity index (χ2n) is 6.94. The monoisotopic (exact) mass is 457 g/mol. The number of ether oxygens (including phenoxy) is 1. The molecule has 31 heavy (non-hydrogen) atoms. The molecule has 2 aromatic rings. The van der Waals surface area contributed by atoms with Gasteiger partial charge in [-0.05, 0) is 48.2 Å². The third-order valence-electron chi connectivity index (χ3n) is 4.95. The van der Waals surface area contributed by atoms with E-state index < -0.39 is 5.12 Å². The predicted octanol–water partition coefficient (Wildman–Crippen LogP) is 3.57. The van der Waals surface area contributed by atoms with Gasteiger partial charge in [-0.2, -0.15) is 10.1 Å². The number of anilines is 1. The number of halogens is 1. The zero-order valence-electron chi connectivity index (χ0n) is 17.4. The molecule has 1 spiro atoms. The van der Waals surface area contributed by atoms with Crippen molar-refractivity contribution in [2.24, 2.45) is 10.2 Å². The van der Waals surface area contributed by atoms with Gasteiger partial charge in [-0.25, -0.2) is 5.01 Å². The van der Waals surface area contributed by atoms with Crippen molar-refractivity contribution in [1.29, 1.82) is 0 Å². The highest BCUT2D eigenvalue weighted by Crippen LogP contribution is 2.50. The quantitative estimate of drug-likeness (QED) is 0.698. The summed E-state index contributed by atoms with van der Waals surface area (Å²) in [6.07, 6.45) is 0. The van der Waals surface area contributed by atoms with E-state index in [1.807, 2.05) is 35.2 Å². The molecule has 0 N–H and O–H groups in total. The zero-order valence-corrected chi connectivity index (χ0v) is 18.9. The first-order valence-electron chi connectivity index (χ1n) is 9.40. The van der Waals surface area contributed by atoms with Gasteiger partial charge in [0.25, 0.3) is 5.12 Å². The van der Waals surface area contributed by atoms with Crippen molar-refractivity contribution in [2.45, 2.75) is 19.0 Å². The van der Waals surface area contributed by atoms with Gasteiger partial charge in [0, 0.05) is 26.5 Å². The van der Waals surface area contributed by atoms with E-state index in [4.69, 9.17) is 16.3 Å². The van der Waals surface area contributed by atoms with Gasteiger partial charge in [0.05, 0.1) is 17.8 Å². The van der Waals surface area contributed by atoms with Gasteiger partial charge in [-0.3, -0.25) is 9.59 Å². The molecule has 10 heteroatoms. The minimum absolute atomic E-state index is 0.214. The van der Waals surface area contributed by atoms with Crippen molar-refractivity contribution >= 4 is 51.6 Å². The molecule has 0 unspecified atom stereocenters. The van der Waals surface area contributed by atoms with Crippen LogP contribution in [0.1, 0.15) is 19.4 Å². The zero-order chi connectivity index (χ0) is 22.3. The molecule has 0 aromatic heterocycles. The topological polar surface area (TPSA) is 77.8 Å². The number of carbonyl (C=O) groups excluding carboxylic acids is 2. The second kappa shape index (κ2) is 7.90. The Bertz CT molecular complexity index is 1120. The molecular formula is C21H20ClN5O3S. The van der Waals surface area contributed by atoms with Gasteiger partial charge in [-0.15, -0.1) is 5.10 Å². The van der Waals surface area contributed by atoms with Crippen LogP contribution in [0.4, 0.5) is 5.69 Å². The average molecular weight is 458 g/mol. The fourth-order valence-corrected chi connectivity index (χ4v) is 4.89. The molecule has 2 heterocycles. The molecular weight excluding hydrogens is 438 g/mol. The summed E-state index contributed by atoms with van der Waals surface area (Å²) in [7, 11) is 3.40. The number of hydrogen-bond acceptors (Lipinski definition) is 8. The van der Waals surface area contributed by atoms with Crippen molar-refractivity contribution in [1.82, 2.24) is 9.91 Å². The standard InChI is InChI=1S/C21H20ClN5O3S/c1-13(28)20-24-27(18-8-6-5-7-17(18)22)21(31-20)25(3)19(23-26(21)14(2)29)15-9-11-16(30-4)12-10-15/h5-12H,1-4H3/t21-/m1/s1. The van der Waals surface area contributed by atoms with Crippen molar-refractivity contribution in [3.63, 3.8) is 0 Å². The Hall–Kier alpha value is -3.04. The number of benzene rings is 2. The Morgan fingerprint density at radius 2 is 1.74 bits per heavy atom. The minimum atomic E-state index is -1.26. The highest BCUT2D eigenvalue weighted by Gasteiger charge is 2.60. The summed E-state index contributed by atoms with van der Waals surface area (Å²) in [5.41, 5.74) is 1.33. The first-order chi connectivity index (χ1) is 14.8. The summed E-state index contributed by atoms with van der Waals surface area (Å²) in [4.78, 5) is 26.8. The normalized spacial score (nSPS) is 20.2.